The molecule has 1 N–H and O–H groups in total. The van der Waals surface area contributed by atoms with Crippen LogP contribution in [0.5, 0.6) is 0 Å². The number of non-ortho nitro benzene ring substituents is 1. The Morgan fingerprint density at radius 2 is 2.42 bits per heavy atom. The smallest absolute Gasteiger partial charge is 0.271 e. The molecule has 19 heavy (non-hydrogen) atoms. The van der Waals surface area contributed by atoms with Crippen molar-refractivity contribution in [2.45, 2.75) is 6.10 Å². The highest BCUT2D eigenvalue weighted by Gasteiger charge is 2.18. The van der Waals surface area contributed by atoms with Gasteiger partial charge in [-0.2, -0.15) is 0 Å². The summed E-state index contributed by atoms with van der Waals surface area (Å²) in [7, 11) is 2.05. The fourth-order valence-electron chi connectivity index (χ4n) is 1.98. The first-order valence-electron chi connectivity index (χ1n) is 6.04. The van der Waals surface area contributed by atoms with Gasteiger partial charge in [0.25, 0.3) is 5.69 Å². The first-order valence-corrected chi connectivity index (χ1v) is 6.42. The molecule has 1 aliphatic rings. The second-order valence-corrected chi connectivity index (χ2v) is 4.96. The molecule has 7 heteroatoms. The maximum absolute atomic E-state index is 10.6. The van der Waals surface area contributed by atoms with Crippen molar-refractivity contribution < 1.29 is 9.66 Å². The van der Waals surface area contributed by atoms with Crippen molar-refractivity contribution in [2.75, 3.05) is 38.6 Å². The predicted octanol–water partition coefficient (Wildman–Crippen LogP) is 1.99. The largest absolute Gasteiger partial charge is 0.381 e. The maximum Gasteiger partial charge on any atom is 0.271 e. The molecular weight excluding hydrogens is 270 g/mol. The molecule has 1 heterocycles. The van der Waals surface area contributed by atoms with Crippen LogP contribution in [-0.4, -0.2) is 49.2 Å². The van der Waals surface area contributed by atoms with E-state index in [0.717, 1.165) is 19.7 Å². The molecule has 0 radical (unpaired) electrons. The molecule has 1 atom stereocenters. The Morgan fingerprint density at radius 3 is 3.05 bits per heavy atom. The normalized spacial score (nSPS) is 20.2. The van der Waals surface area contributed by atoms with Gasteiger partial charge in [-0.25, -0.2) is 0 Å². The number of benzene rings is 1. The van der Waals surface area contributed by atoms with E-state index in [1.807, 2.05) is 7.05 Å². The lowest BCUT2D eigenvalue weighted by atomic mass is 10.2. The zero-order valence-electron chi connectivity index (χ0n) is 10.6. The van der Waals surface area contributed by atoms with Gasteiger partial charge in [-0.05, 0) is 13.1 Å². The van der Waals surface area contributed by atoms with Gasteiger partial charge in [0.2, 0.25) is 0 Å². The van der Waals surface area contributed by atoms with Crippen LogP contribution < -0.4 is 5.32 Å². The van der Waals surface area contributed by atoms with Crippen molar-refractivity contribution in [3.63, 3.8) is 0 Å². The standard InChI is InChI=1S/C12H16ClN3O3/c1-15-4-5-19-10(8-15)7-14-12-3-2-9(16(17)18)6-11(12)13/h2-3,6,10,14H,4-5,7-8H2,1H3/t10-/m0/s1. The predicted molar refractivity (Wildman–Crippen MR) is 73.8 cm³/mol. The van der Waals surface area contributed by atoms with Crippen LogP contribution in [0.3, 0.4) is 0 Å². The molecule has 0 saturated carbocycles. The van der Waals surface area contributed by atoms with Gasteiger partial charge in [-0.3, -0.25) is 10.1 Å². The van der Waals surface area contributed by atoms with E-state index >= 15 is 0 Å². The minimum atomic E-state index is -0.463. The van der Waals surface area contributed by atoms with Crippen molar-refractivity contribution in [1.82, 2.24) is 4.90 Å². The van der Waals surface area contributed by atoms with E-state index in [4.69, 9.17) is 16.3 Å². The Kier molecular flexibility index (Phi) is 4.57. The average Bonchev–Trinajstić information content (AvgIpc) is 2.37. The van der Waals surface area contributed by atoms with E-state index in [9.17, 15) is 10.1 Å². The molecule has 0 unspecified atom stereocenters. The summed E-state index contributed by atoms with van der Waals surface area (Å²) in [5.41, 5.74) is 0.674. The maximum atomic E-state index is 10.6. The lowest BCUT2D eigenvalue weighted by molar-refractivity contribution is -0.384. The number of nitrogens with one attached hydrogen (secondary N) is 1. The lowest BCUT2D eigenvalue weighted by Gasteiger charge is -2.30. The number of morpholine rings is 1. The number of likely N-dealkylation sites (N-methyl/N-ethyl adjacent to an activating group) is 1. The molecule has 6 nitrogen and oxygen atoms in total. The summed E-state index contributed by atoms with van der Waals surface area (Å²) >= 11 is 6.00. The molecule has 104 valence electrons. The third-order valence-electron chi connectivity index (χ3n) is 3.03. The molecule has 1 saturated heterocycles. The molecule has 0 aliphatic carbocycles. The summed E-state index contributed by atoms with van der Waals surface area (Å²) in [6, 6.07) is 4.40. The molecule has 1 aromatic rings. The minimum Gasteiger partial charge on any atom is -0.381 e. The lowest BCUT2D eigenvalue weighted by Crippen LogP contribution is -2.43. The quantitative estimate of drug-likeness (QED) is 0.677. The highest BCUT2D eigenvalue weighted by molar-refractivity contribution is 6.33. The Balaban J connectivity index is 1.94. The van der Waals surface area contributed by atoms with Crippen molar-refractivity contribution in [2.24, 2.45) is 0 Å². The molecule has 0 aromatic heterocycles. The summed E-state index contributed by atoms with van der Waals surface area (Å²) in [5.74, 6) is 0. The Morgan fingerprint density at radius 1 is 1.63 bits per heavy atom. The molecule has 1 aliphatic heterocycles. The third kappa shape index (κ3) is 3.79. The van der Waals surface area contributed by atoms with E-state index in [2.05, 4.69) is 10.2 Å². The van der Waals surface area contributed by atoms with Crippen LogP contribution in [0.25, 0.3) is 0 Å². The number of nitro groups is 1. The topological polar surface area (TPSA) is 67.6 Å². The zero-order chi connectivity index (χ0) is 13.8. The van der Waals surface area contributed by atoms with Gasteiger partial charge in [0.05, 0.1) is 28.3 Å². The highest BCUT2D eigenvalue weighted by Crippen LogP contribution is 2.26. The Labute approximate surface area is 116 Å². The summed E-state index contributed by atoms with van der Waals surface area (Å²) in [6.45, 7) is 3.14. The van der Waals surface area contributed by atoms with E-state index in [1.165, 1.54) is 12.1 Å². The van der Waals surface area contributed by atoms with Crippen LogP contribution in [-0.2, 0) is 4.74 Å². The van der Waals surface area contributed by atoms with Gasteiger partial charge in [0.15, 0.2) is 0 Å². The van der Waals surface area contributed by atoms with Gasteiger partial charge in [0, 0.05) is 31.8 Å². The van der Waals surface area contributed by atoms with Gasteiger partial charge < -0.3 is 15.0 Å². The third-order valence-corrected chi connectivity index (χ3v) is 3.34. The second-order valence-electron chi connectivity index (χ2n) is 4.56. The van der Waals surface area contributed by atoms with E-state index < -0.39 is 4.92 Å². The fourth-order valence-corrected chi connectivity index (χ4v) is 2.22. The molecule has 0 amide bonds. The van der Waals surface area contributed by atoms with Gasteiger partial charge in [0.1, 0.15) is 0 Å². The summed E-state index contributed by atoms with van der Waals surface area (Å²) < 4.78 is 5.62. The van der Waals surface area contributed by atoms with E-state index in [0.29, 0.717) is 17.3 Å². The number of hydrogen-bond donors (Lipinski definition) is 1. The summed E-state index contributed by atoms with van der Waals surface area (Å²) in [4.78, 5) is 12.3. The monoisotopic (exact) mass is 285 g/mol. The number of rotatable bonds is 4. The highest BCUT2D eigenvalue weighted by atomic mass is 35.5. The summed E-state index contributed by atoms with van der Waals surface area (Å²) in [5, 5.41) is 14.1. The fraction of sp³-hybridized carbons (Fsp3) is 0.500. The average molecular weight is 286 g/mol. The number of anilines is 1. The molecule has 2 rings (SSSR count). The number of hydrogen-bond acceptors (Lipinski definition) is 5. The van der Waals surface area contributed by atoms with Gasteiger partial charge in [-0.1, -0.05) is 11.6 Å². The van der Waals surface area contributed by atoms with E-state index in [-0.39, 0.29) is 11.8 Å². The van der Waals surface area contributed by atoms with Crippen LogP contribution in [0.2, 0.25) is 5.02 Å². The Bertz CT molecular complexity index is 470. The molecule has 1 fully saturated rings. The number of halogens is 1. The molecular formula is C12H16ClN3O3. The van der Waals surface area contributed by atoms with Crippen molar-refractivity contribution in [1.29, 1.82) is 0 Å². The van der Waals surface area contributed by atoms with Crippen LogP contribution in [0.15, 0.2) is 18.2 Å². The van der Waals surface area contributed by atoms with Crippen LogP contribution in [0.4, 0.5) is 11.4 Å². The van der Waals surface area contributed by atoms with Crippen LogP contribution in [0.1, 0.15) is 0 Å². The van der Waals surface area contributed by atoms with Crippen molar-refractivity contribution in [3.05, 3.63) is 33.3 Å². The molecule has 1 aromatic carbocycles. The van der Waals surface area contributed by atoms with Crippen LogP contribution >= 0.6 is 11.6 Å². The number of ether oxygens (including phenoxy) is 1. The van der Waals surface area contributed by atoms with Crippen molar-refractivity contribution in [3.8, 4) is 0 Å². The second kappa shape index (κ2) is 6.18. The van der Waals surface area contributed by atoms with Gasteiger partial charge >= 0.3 is 0 Å². The minimum absolute atomic E-state index is 0.0100. The first-order chi connectivity index (χ1) is 9.06. The first kappa shape index (κ1) is 14.0. The molecule has 0 bridgehead atoms. The Hall–Kier alpha value is -1.37. The number of nitrogens with zero attached hydrogens (tertiary/aromatic N) is 2. The van der Waals surface area contributed by atoms with Gasteiger partial charge in [-0.15, -0.1) is 0 Å². The zero-order valence-corrected chi connectivity index (χ0v) is 11.4. The molecule has 0 spiro atoms. The van der Waals surface area contributed by atoms with Crippen LogP contribution in [0, 0.1) is 10.1 Å². The summed E-state index contributed by atoms with van der Waals surface area (Å²) in [6.07, 6.45) is 0.102. The number of nitro benzene ring substituents is 1. The van der Waals surface area contributed by atoms with Crippen molar-refractivity contribution >= 4 is 23.0 Å². The SMILES string of the molecule is CN1CCO[C@@H](CNc2ccc([N+](=O)[O-])cc2Cl)C1. The van der Waals surface area contributed by atoms with E-state index in [1.54, 1.807) is 6.07 Å².